The highest BCUT2D eigenvalue weighted by atomic mass is 16.5. The van der Waals surface area contributed by atoms with E-state index in [0.717, 1.165) is 22.3 Å². The SMILES string of the molecule is COc1cccc(CCNc2ncc(C)n(CC(=O)NCc3cnc4[nH]ccc4c3)c2=O)n1. The van der Waals surface area contributed by atoms with E-state index < -0.39 is 0 Å². The van der Waals surface area contributed by atoms with Crippen LogP contribution < -0.4 is 20.9 Å². The summed E-state index contributed by atoms with van der Waals surface area (Å²) in [5.74, 6) is 0.462. The molecule has 0 aromatic carbocycles. The zero-order chi connectivity index (χ0) is 23.2. The van der Waals surface area contributed by atoms with Gasteiger partial charge in [0.15, 0.2) is 5.82 Å². The Bertz CT molecular complexity index is 1330. The van der Waals surface area contributed by atoms with Crippen LogP contribution in [0.5, 0.6) is 5.88 Å². The molecule has 33 heavy (non-hydrogen) atoms. The largest absolute Gasteiger partial charge is 0.481 e. The number of aromatic amines is 1. The maximum Gasteiger partial charge on any atom is 0.293 e. The molecule has 0 unspecified atom stereocenters. The molecule has 4 aromatic rings. The van der Waals surface area contributed by atoms with E-state index in [1.165, 1.54) is 4.57 Å². The van der Waals surface area contributed by atoms with E-state index in [1.54, 1.807) is 32.5 Å². The second-order valence-corrected chi connectivity index (χ2v) is 7.52. The van der Waals surface area contributed by atoms with Gasteiger partial charge in [-0.05, 0) is 30.7 Å². The maximum absolute atomic E-state index is 12.9. The number of aryl methyl sites for hydroxylation is 1. The molecular formula is C23H25N7O3. The summed E-state index contributed by atoms with van der Waals surface area (Å²) < 4.78 is 6.53. The summed E-state index contributed by atoms with van der Waals surface area (Å²) >= 11 is 0. The summed E-state index contributed by atoms with van der Waals surface area (Å²) in [5, 5.41) is 6.86. The topological polar surface area (TPSA) is 127 Å². The van der Waals surface area contributed by atoms with Crippen molar-refractivity contribution in [1.29, 1.82) is 0 Å². The van der Waals surface area contributed by atoms with Crippen molar-refractivity contribution in [3.63, 3.8) is 0 Å². The number of methoxy groups -OCH3 is 1. The van der Waals surface area contributed by atoms with Crippen molar-refractivity contribution in [2.45, 2.75) is 26.4 Å². The summed E-state index contributed by atoms with van der Waals surface area (Å²) in [6.45, 7) is 2.44. The van der Waals surface area contributed by atoms with Crippen LogP contribution in [-0.4, -0.2) is 44.1 Å². The fraction of sp³-hybridized carbons (Fsp3) is 0.261. The molecule has 0 atom stereocenters. The number of nitrogens with zero attached hydrogens (tertiary/aromatic N) is 4. The number of amides is 1. The molecule has 0 bridgehead atoms. The average Bonchev–Trinajstić information content (AvgIpc) is 3.30. The number of pyridine rings is 2. The van der Waals surface area contributed by atoms with Crippen LogP contribution in [0.1, 0.15) is 17.0 Å². The van der Waals surface area contributed by atoms with Crippen molar-refractivity contribution in [3.05, 3.63) is 76.2 Å². The number of nitrogens with one attached hydrogen (secondary N) is 3. The minimum atomic E-state index is -0.348. The molecule has 0 saturated heterocycles. The number of anilines is 1. The van der Waals surface area contributed by atoms with Gasteiger partial charge in [-0.2, -0.15) is 0 Å². The molecule has 0 aliphatic carbocycles. The number of rotatable bonds is 9. The minimum Gasteiger partial charge on any atom is -0.481 e. The van der Waals surface area contributed by atoms with E-state index in [2.05, 4.69) is 30.6 Å². The average molecular weight is 447 g/mol. The van der Waals surface area contributed by atoms with Crippen LogP contribution in [0.4, 0.5) is 5.82 Å². The number of hydrogen-bond donors (Lipinski definition) is 3. The highest BCUT2D eigenvalue weighted by Crippen LogP contribution is 2.11. The predicted molar refractivity (Wildman–Crippen MR) is 124 cm³/mol. The first-order valence-corrected chi connectivity index (χ1v) is 10.5. The van der Waals surface area contributed by atoms with Crippen LogP contribution in [0.2, 0.25) is 0 Å². The number of carbonyl (C=O) groups excluding carboxylic acids is 1. The molecule has 1 amide bonds. The minimum absolute atomic E-state index is 0.0981. The van der Waals surface area contributed by atoms with Gasteiger partial charge in [-0.3, -0.25) is 14.2 Å². The second kappa shape index (κ2) is 9.94. The smallest absolute Gasteiger partial charge is 0.293 e. The zero-order valence-corrected chi connectivity index (χ0v) is 18.5. The van der Waals surface area contributed by atoms with Gasteiger partial charge >= 0.3 is 0 Å². The van der Waals surface area contributed by atoms with Crippen molar-refractivity contribution in [3.8, 4) is 5.88 Å². The lowest BCUT2D eigenvalue weighted by molar-refractivity contribution is -0.121. The molecule has 4 heterocycles. The van der Waals surface area contributed by atoms with Gasteiger partial charge in [0.2, 0.25) is 11.8 Å². The van der Waals surface area contributed by atoms with Gasteiger partial charge in [0, 0.05) is 60.9 Å². The number of aromatic nitrogens is 5. The molecule has 0 radical (unpaired) electrons. The van der Waals surface area contributed by atoms with Crippen LogP contribution in [0.15, 0.2) is 53.7 Å². The molecule has 10 heteroatoms. The molecule has 10 nitrogen and oxygen atoms in total. The van der Waals surface area contributed by atoms with E-state index in [0.29, 0.717) is 31.1 Å². The van der Waals surface area contributed by atoms with Gasteiger partial charge in [0.25, 0.3) is 5.56 Å². The van der Waals surface area contributed by atoms with Gasteiger partial charge in [-0.25, -0.2) is 15.0 Å². The first kappa shape index (κ1) is 22.0. The number of H-pyrrole nitrogens is 1. The van der Waals surface area contributed by atoms with E-state index in [9.17, 15) is 9.59 Å². The highest BCUT2D eigenvalue weighted by Gasteiger charge is 2.12. The second-order valence-electron chi connectivity index (χ2n) is 7.52. The zero-order valence-electron chi connectivity index (χ0n) is 18.5. The predicted octanol–water partition coefficient (Wildman–Crippen LogP) is 1.80. The van der Waals surface area contributed by atoms with E-state index in [-0.39, 0.29) is 23.8 Å². The quantitative estimate of drug-likeness (QED) is 0.357. The van der Waals surface area contributed by atoms with Crippen LogP contribution in [0.25, 0.3) is 11.0 Å². The van der Waals surface area contributed by atoms with Crippen molar-refractivity contribution in [2.24, 2.45) is 0 Å². The van der Waals surface area contributed by atoms with Crippen LogP contribution in [0.3, 0.4) is 0 Å². The van der Waals surface area contributed by atoms with Crippen LogP contribution in [0, 0.1) is 6.92 Å². The van der Waals surface area contributed by atoms with E-state index >= 15 is 0 Å². The fourth-order valence-corrected chi connectivity index (χ4v) is 3.39. The molecule has 0 spiro atoms. The van der Waals surface area contributed by atoms with E-state index in [4.69, 9.17) is 4.74 Å². The van der Waals surface area contributed by atoms with Gasteiger partial charge in [-0.15, -0.1) is 0 Å². The van der Waals surface area contributed by atoms with E-state index in [1.807, 2.05) is 30.5 Å². The third-order valence-electron chi connectivity index (χ3n) is 5.17. The summed E-state index contributed by atoms with van der Waals surface area (Å²) in [5.41, 5.74) is 2.76. The van der Waals surface area contributed by atoms with Crippen molar-refractivity contribution < 1.29 is 9.53 Å². The Morgan fingerprint density at radius 1 is 1.21 bits per heavy atom. The molecule has 0 fully saturated rings. The molecule has 0 aliphatic rings. The molecule has 3 N–H and O–H groups in total. The van der Waals surface area contributed by atoms with Gasteiger partial charge < -0.3 is 20.4 Å². The summed E-state index contributed by atoms with van der Waals surface area (Å²) in [7, 11) is 1.57. The Kier molecular flexibility index (Phi) is 6.63. The Hall–Kier alpha value is -4.21. The highest BCUT2D eigenvalue weighted by molar-refractivity contribution is 5.77. The summed E-state index contributed by atoms with van der Waals surface area (Å²) in [6, 6.07) is 9.41. The first-order chi connectivity index (χ1) is 16.0. The Balaban J connectivity index is 1.36. The molecule has 4 aromatic heterocycles. The Labute approximate surface area is 190 Å². The lowest BCUT2D eigenvalue weighted by atomic mass is 10.2. The summed E-state index contributed by atoms with van der Waals surface area (Å²) in [6.07, 6.45) is 5.69. The lowest BCUT2D eigenvalue weighted by Gasteiger charge is -2.12. The Morgan fingerprint density at radius 2 is 2.09 bits per heavy atom. The van der Waals surface area contributed by atoms with Crippen LogP contribution >= 0.6 is 0 Å². The molecule has 170 valence electrons. The summed E-state index contributed by atoms with van der Waals surface area (Å²) in [4.78, 5) is 41.3. The molecule has 0 aliphatic heterocycles. The standard InChI is InChI=1S/C23H25N7O3/c1-15-11-27-22(25-9-7-18-4-3-5-20(29-18)33-2)23(32)30(15)14-19(31)26-12-16-10-17-6-8-24-21(17)28-13-16/h3-6,8,10-11,13H,7,9,12,14H2,1-2H3,(H,24,28)(H,25,27)(H,26,31). The molecule has 0 saturated carbocycles. The fourth-order valence-electron chi connectivity index (χ4n) is 3.39. The number of fused-ring (bicyclic) bond motifs is 1. The molecule has 4 rings (SSSR count). The molecular weight excluding hydrogens is 422 g/mol. The van der Waals surface area contributed by atoms with Gasteiger partial charge in [-0.1, -0.05) is 6.07 Å². The monoisotopic (exact) mass is 447 g/mol. The van der Waals surface area contributed by atoms with Crippen molar-refractivity contribution in [1.82, 2.24) is 29.8 Å². The lowest BCUT2D eigenvalue weighted by Crippen LogP contribution is -2.34. The van der Waals surface area contributed by atoms with Crippen molar-refractivity contribution in [2.75, 3.05) is 19.0 Å². The maximum atomic E-state index is 12.9. The normalized spacial score (nSPS) is 10.8. The number of ether oxygens (including phenoxy) is 1. The third kappa shape index (κ3) is 5.35. The van der Waals surface area contributed by atoms with Gasteiger partial charge in [0.1, 0.15) is 12.2 Å². The first-order valence-electron chi connectivity index (χ1n) is 10.5. The third-order valence-corrected chi connectivity index (χ3v) is 5.17. The Morgan fingerprint density at radius 3 is 2.94 bits per heavy atom. The number of carbonyl (C=O) groups is 1. The van der Waals surface area contributed by atoms with Crippen molar-refractivity contribution >= 4 is 22.8 Å². The number of hydrogen-bond acceptors (Lipinski definition) is 7. The van der Waals surface area contributed by atoms with Gasteiger partial charge in [0.05, 0.1) is 7.11 Å². The van der Waals surface area contributed by atoms with Crippen LogP contribution in [-0.2, 0) is 24.3 Å².